The van der Waals surface area contributed by atoms with E-state index in [2.05, 4.69) is 90.4 Å². The van der Waals surface area contributed by atoms with Gasteiger partial charge in [0, 0.05) is 22.9 Å². The normalized spacial score (nSPS) is 11.6. The zero-order valence-electron chi connectivity index (χ0n) is 19.8. The number of hydrogen-bond acceptors (Lipinski definition) is 3. The molecular weight excluding hydrogens is 442 g/mol. The van der Waals surface area contributed by atoms with Gasteiger partial charge in [-0.3, -0.25) is 0 Å². The minimum absolute atomic E-state index is 0.646. The van der Waals surface area contributed by atoms with Crippen LogP contribution in [-0.4, -0.2) is 14.5 Å². The zero-order chi connectivity index (χ0) is 24.1. The van der Waals surface area contributed by atoms with E-state index >= 15 is 0 Å². The Morgan fingerprint density at radius 2 is 1.47 bits per heavy atom. The lowest BCUT2D eigenvalue weighted by atomic mass is 10.0. The van der Waals surface area contributed by atoms with Gasteiger partial charge in [0.1, 0.15) is 11.4 Å². The molecular formula is C32H23N3O. The minimum atomic E-state index is 0.646. The van der Waals surface area contributed by atoms with Crippen molar-refractivity contribution in [1.29, 1.82) is 0 Å². The molecule has 7 aromatic rings. The maximum Gasteiger partial charge on any atom is 0.227 e. The van der Waals surface area contributed by atoms with Gasteiger partial charge in [0.15, 0.2) is 0 Å². The van der Waals surface area contributed by atoms with Crippen LogP contribution in [0.2, 0.25) is 0 Å². The van der Waals surface area contributed by atoms with Crippen molar-refractivity contribution >= 4 is 33.1 Å². The van der Waals surface area contributed by atoms with Crippen LogP contribution in [0, 0.1) is 6.92 Å². The summed E-state index contributed by atoms with van der Waals surface area (Å²) in [5, 5.41) is 2.11. The molecule has 0 radical (unpaired) electrons. The van der Waals surface area contributed by atoms with E-state index in [9.17, 15) is 0 Å². The van der Waals surface area contributed by atoms with Crippen LogP contribution in [0.1, 0.15) is 11.1 Å². The van der Waals surface area contributed by atoms with Gasteiger partial charge in [0.05, 0.1) is 22.3 Å². The summed E-state index contributed by atoms with van der Waals surface area (Å²) in [6, 6.07) is 37.5. The average molecular weight is 466 g/mol. The first kappa shape index (κ1) is 20.7. The van der Waals surface area contributed by atoms with Gasteiger partial charge in [-0.15, -0.1) is 0 Å². The third-order valence-electron chi connectivity index (χ3n) is 6.84. The number of rotatable bonds is 4. The number of para-hydroxylation sites is 2. The quantitative estimate of drug-likeness (QED) is 0.264. The largest absolute Gasteiger partial charge is 0.437 e. The van der Waals surface area contributed by atoms with E-state index in [-0.39, 0.29) is 0 Å². The topological polar surface area (TPSA) is 43.9 Å². The minimum Gasteiger partial charge on any atom is -0.437 e. The fourth-order valence-corrected chi connectivity index (χ4v) is 5.08. The highest BCUT2D eigenvalue weighted by molar-refractivity contribution is 6.10. The number of aryl methyl sites for hydroxylation is 1. The highest BCUT2D eigenvalue weighted by Gasteiger charge is 2.20. The maximum atomic E-state index is 6.52. The van der Waals surface area contributed by atoms with Gasteiger partial charge in [0.2, 0.25) is 5.71 Å². The molecule has 0 fully saturated rings. The van der Waals surface area contributed by atoms with Gasteiger partial charge >= 0.3 is 0 Å². The van der Waals surface area contributed by atoms with Crippen LogP contribution in [0.15, 0.2) is 114 Å². The first-order chi connectivity index (χ1) is 17.8. The van der Waals surface area contributed by atoms with Crippen molar-refractivity contribution < 1.29 is 4.42 Å². The predicted octanol–water partition coefficient (Wildman–Crippen LogP) is 8.02. The van der Waals surface area contributed by atoms with E-state index in [1.54, 1.807) is 0 Å². The Bertz CT molecular complexity index is 1860. The van der Waals surface area contributed by atoms with Gasteiger partial charge in [-0.25, -0.2) is 9.97 Å². The molecule has 0 bridgehead atoms. The van der Waals surface area contributed by atoms with Gasteiger partial charge in [-0.05, 0) is 48.4 Å². The second kappa shape index (κ2) is 8.21. The molecule has 172 valence electrons. The molecule has 4 heteroatoms. The molecule has 7 rings (SSSR count). The van der Waals surface area contributed by atoms with Crippen molar-refractivity contribution in [3.63, 3.8) is 0 Å². The van der Waals surface area contributed by atoms with Crippen LogP contribution in [0.3, 0.4) is 0 Å². The molecule has 0 saturated carbocycles. The maximum absolute atomic E-state index is 6.52. The summed E-state index contributed by atoms with van der Waals surface area (Å²) in [6.45, 7) is 2.85. The average Bonchev–Trinajstić information content (AvgIpc) is 3.49. The summed E-state index contributed by atoms with van der Waals surface area (Å²) in [5.41, 5.74) is 8.88. The van der Waals surface area contributed by atoms with E-state index < -0.39 is 0 Å². The molecule has 3 aromatic heterocycles. The number of aromatic nitrogens is 3. The molecule has 3 heterocycles. The highest BCUT2D eigenvalue weighted by atomic mass is 16.3. The van der Waals surface area contributed by atoms with Crippen molar-refractivity contribution in [2.45, 2.75) is 13.5 Å². The number of furan rings is 1. The molecule has 0 unspecified atom stereocenters. The molecule has 0 aliphatic heterocycles. The molecule has 0 amide bonds. The Morgan fingerprint density at radius 3 is 2.31 bits per heavy atom. The van der Waals surface area contributed by atoms with E-state index in [1.165, 1.54) is 5.56 Å². The number of benzene rings is 4. The fraction of sp³-hybridized carbons (Fsp3) is 0.0625. The molecule has 0 spiro atoms. The van der Waals surface area contributed by atoms with E-state index in [4.69, 9.17) is 14.4 Å². The highest BCUT2D eigenvalue weighted by Crippen LogP contribution is 2.38. The predicted molar refractivity (Wildman–Crippen MR) is 146 cm³/mol. The van der Waals surface area contributed by atoms with Crippen LogP contribution in [0.4, 0.5) is 0 Å². The van der Waals surface area contributed by atoms with Gasteiger partial charge in [0.25, 0.3) is 0 Å². The Morgan fingerprint density at radius 1 is 0.722 bits per heavy atom. The molecule has 0 aliphatic rings. The Labute approximate surface area is 208 Å². The third-order valence-corrected chi connectivity index (χ3v) is 6.84. The smallest absolute Gasteiger partial charge is 0.227 e. The van der Waals surface area contributed by atoms with Crippen molar-refractivity contribution in [3.05, 3.63) is 120 Å². The van der Waals surface area contributed by atoms with E-state index in [0.717, 1.165) is 62.1 Å². The van der Waals surface area contributed by atoms with E-state index in [1.807, 2.05) is 30.3 Å². The zero-order valence-corrected chi connectivity index (χ0v) is 19.8. The SMILES string of the molecule is Cc1ccc(-c2nc3ccccc3n2Cc2ccccc2)c2oc3nc(-c4ccccc4)ccc3c12. The Balaban J connectivity index is 1.47. The molecule has 0 saturated heterocycles. The van der Waals surface area contributed by atoms with Gasteiger partial charge in [-0.1, -0.05) is 78.9 Å². The van der Waals surface area contributed by atoms with Gasteiger partial charge in [-0.2, -0.15) is 0 Å². The molecule has 0 atom stereocenters. The first-order valence-corrected chi connectivity index (χ1v) is 12.1. The molecule has 0 N–H and O–H groups in total. The lowest BCUT2D eigenvalue weighted by Gasteiger charge is -2.10. The summed E-state index contributed by atoms with van der Waals surface area (Å²) in [7, 11) is 0. The molecule has 4 nitrogen and oxygen atoms in total. The number of hydrogen-bond donors (Lipinski definition) is 0. The number of fused-ring (bicyclic) bond motifs is 4. The number of nitrogens with zero attached hydrogens (tertiary/aromatic N) is 3. The summed E-state index contributed by atoms with van der Waals surface area (Å²) >= 11 is 0. The van der Waals surface area contributed by atoms with Crippen LogP contribution < -0.4 is 0 Å². The summed E-state index contributed by atoms with van der Waals surface area (Å²) in [5.74, 6) is 0.896. The Hall–Kier alpha value is -4.70. The summed E-state index contributed by atoms with van der Waals surface area (Å²) in [6.07, 6.45) is 0. The van der Waals surface area contributed by atoms with Crippen molar-refractivity contribution in [2.75, 3.05) is 0 Å². The fourth-order valence-electron chi connectivity index (χ4n) is 5.08. The third kappa shape index (κ3) is 3.30. The van der Waals surface area contributed by atoms with Crippen molar-refractivity contribution in [1.82, 2.24) is 14.5 Å². The number of imidazole rings is 1. The van der Waals surface area contributed by atoms with Crippen LogP contribution in [0.5, 0.6) is 0 Å². The second-order valence-electron chi connectivity index (χ2n) is 9.15. The Kier molecular flexibility index (Phi) is 4.71. The summed E-state index contributed by atoms with van der Waals surface area (Å²) < 4.78 is 8.80. The lowest BCUT2D eigenvalue weighted by Crippen LogP contribution is -2.02. The van der Waals surface area contributed by atoms with Crippen LogP contribution >= 0.6 is 0 Å². The van der Waals surface area contributed by atoms with Crippen molar-refractivity contribution in [3.8, 4) is 22.6 Å². The van der Waals surface area contributed by atoms with Gasteiger partial charge < -0.3 is 8.98 Å². The van der Waals surface area contributed by atoms with Crippen LogP contribution in [-0.2, 0) is 6.54 Å². The monoisotopic (exact) mass is 465 g/mol. The molecule has 36 heavy (non-hydrogen) atoms. The van der Waals surface area contributed by atoms with Crippen LogP contribution in [0.25, 0.3) is 55.7 Å². The summed E-state index contributed by atoms with van der Waals surface area (Å²) in [4.78, 5) is 9.97. The second-order valence-corrected chi connectivity index (χ2v) is 9.15. The molecule has 4 aromatic carbocycles. The standard InChI is InChI=1S/C32H23N3O/c1-21-16-17-25(30-29(21)24-18-19-26(34-32(24)36-30)23-12-6-3-7-13-23)31-33-27-14-8-9-15-28(27)35(31)20-22-10-4-2-5-11-22/h2-19H,20H2,1H3. The van der Waals surface area contributed by atoms with E-state index in [0.29, 0.717) is 5.71 Å². The van der Waals surface area contributed by atoms with Crippen molar-refractivity contribution in [2.24, 2.45) is 0 Å². The number of pyridine rings is 1. The lowest BCUT2D eigenvalue weighted by molar-refractivity contribution is 0.654. The molecule has 0 aliphatic carbocycles. The first-order valence-electron chi connectivity index (χ1n) is 12.1.